The van der Waals surface area contributed by atoms with Crippen LogP contribution in [0.5, 0.6) is 5.75 Å². The largest absolute Gasteiger partial charge is 0.486 e. The van der Waals surface area contributed by atoms with Crippen molar-refractivity contribution in [2.24, 2.45) is 7.05 Å². The number of nitrogens with zero attached hydrogens (tertiary/aromatic N) is 4. The van der Waals surface area contributed by atoms with Crippen molar-refractivity contribution in [2.45, 2.75) is 25.5 Å². The molecular weight excluding hydrogens is 418 g/mol. The number of ether oxygens (including phenoxy) is 1. The van der Waals surface area contributed by atoms with Crippen molar-refractivity contribution < 1.29 is 9.53 Å². The van der Waals surface area contributed by atoms with Crippen molar-refractivity contribution in [1.82, 2.24) is 19.5 Å². The molecule has 4 aromatic rings. The first kappa shape index (κ1) is 20.4. The average Bonchev–Trinajstić information content (AvgIpc) is 3.28. The summed E-state index contributed by atoms with van der Waals surface area (Å²) in [5.74, 6) is 1.76. The van der Waals surface area contributed by atoms with E-state index in [0.717, 1.165) is 32.5 Å². The Bertz CT molecular complexity index is 1180. The predicted octanol–water partition coefficient (Wildman–Crippen LogP) is 4.35. The van der Waals surface area contributed by atoms with Crippen LogP contribution in [0.2, 0.25) is 0 Å². The summed E-state index contributed by atoms with van der Waals surface area (Å²) in [6.45, 7) is 4.53. The van der Waals surface area contributed by atoms with E-state index in [0.29, 0.717) is 6.61 Å². The lowest BCUT2D eigenvalue weighted by atomic mass is 10.2. The third-order valence-electron chi connectivity index (χ3n) is 4.70. The lowest BCUT2D eigenvalue weighted by Crippen LogP contribution is -2.14. The van der Waals surface area contributed by atoms with Gasteiger partial charge < -0.3 is 14.6 Å². The van der Waals surface area contributed by atoms with Crippen LogP contribution in [0.4, 0.5) is 5.69 Å². The van der Waals surface area contributed by atoms with E-state index in [2.05, 4.69) is 34.1 Å². The summed E-state index contributed by atoms with van der Waals surface area (Å²) < 4.78 is 7.65. The predicted molar refractivity (Wildman–Crippen MR) is 120 cm³/mol. The van der Waals surface area contributed by atoms with Gasteiger partial charge in [0.25, 0.3) is 0 Å². The number of benzene rings is 1. The van der Waals surface area contributed by atoms with Gasteiger partial charge in [-0.1, -0.05) is 11.8 Å². The van der Waals surface area contributed by atoms with E-state index in [9.17, 15) is 4.79 Å². The van der Waals surface area contributed by atoms with Gasteiger partial charge in [0.05, 0.1) is 5.75 Å². The Morgan fingerprint density at radius 2 is 2.00 bits per heavy atom. The van der Waals surface area contributed by atoms with Gasteiger partial charge in [0.1, 0.15) is 34.4 Å². The zero-order chi connectivity index (χ0) is 21.1. The summed E-state index contributed by atoms with van der Waals surface area (Å²) in [5.41, 5.74) is 1.90. The number of hydrogen-bond donors (Lipinski definition) is 1. The van der Waals surface area contributed by atoms with Crippen LogP contribution >= 0.6 is 23.1 Å². The summed E-state index contributed by atoms with van der Waals surface area (Å²) in [6.07, 6.45) is 5.17. The highest BCUT2D eigenvalue weighted by Gasteiger charge is 2.14. The third kappa shape index (κ3) is 4.47. The second-order valence-corrected chi connectivity index (χ2v) is 8.91. The number of carbonyl (C=O) groups excluding carboxylic acids is 1. The number of rotatable bonds is 7. The molecular formula is C21H21N5O2S2. The van der Waals surface area contributed by atoms with Crippen LogP contribution in [0.25, 0.3) is 10.2 Å². The first-order chi connectivity index (χ1) is 14.5. The fourth-order valence-electron chi connectivity index (χ4n) is 2.91. The van der Waals surface area contributed by atoms with Crippen LogP contribution in [-0.4, -0.2) is 31.2 Å². The topological polar surface area (TPSA) is 81.9 Å². The van der Waals surface area contributed by atoms with Crippen molar-refractivity contribution in [3.63, 3.8) is 0 Å². The minimum absolute atomic E-state index is 0.0851. The Morgan fingerprint density at radius 3 is 2.73 bits per heavy atom. The van der Waals surface area contributed by atoms with E-state index in [1.807, 2.05) is 42.1 Å². The molecule has 0 saturated carbocycles. The molecule has 0 saturated heterocycles. The molecule has 1 amide bonds. The molecule has 0 unspecified atom stereocenters. The standard InChI is InChI=1S/C21H21N5O2S2/c1-13-14(2)30-21-19(13)20(23-12-24-21)29-11-18(27)25-15-4-6-16(7-5-15)28-10-17-22-8-9-26(17)3/h4-9,12H,10-11H2,1-3H3,(H,25,27). The van der Waals surface area contributed by atoms with Crippen LogP contribution in [-0.2, 0) is 18.4 Å². The summed E-state index contributed by atoms with van der Waals surface area (Å²) in [6, 6.07) is 7.31. The maximum atomic E-state index is 12.4. The summed E-state index contributed by atoms with van der Waals surface area (Å²) >= 11 is 3.08. The Balaban J connectivity index is 1.33. The zero-order valence-corrected chi connectivity index (χ0v) is 18.5. The normalized spacial score (nSPS) is 11.0. The lowest BCUT2D eigenvalue weighted by molar-refractivity contribution is -0.113. The number of nitrogens with one attached hydrogen (secondary N) is 1. The summed E-state index contributed by atoms with van der Waals surface area (Å²) in [5, 5.41) is 4.80. The molecule has 0 aliphatic rings. The zero-order valence-electron chi connectivity index (χ0n) is 16.9. The second kappa shape index (κ2) is 8.85. The highest BCUT2D eigenvalue weighted by atomic mass is 32.2. The molecule has 1 aromatic carbocycles. The average molecular weight is 440 g/mol. The number of thiophene rings is 1. The smallest absolute Gasteiger partial charge is 0.234 e. The molecule has 154 valence electrons. The first-order valence-electron chi connectivity index (χ1n) is 9.33. The van der Waals surface area contributed by atoms with Crippen molar-refractivity contribution in [3.8, 4) is 5.75 Å². The summed E-state index contributed by atoms with van der Waals surface area (Å²) in [4.78, 5) is 27.5. The number of anilines is 1. The number of aromatic nitrogens is 4. The number of imidazole rings is 1. The minimum Gasteiger partial charge on any atom is -0.486 e. The van der Waals surface area contributed by atoms with Crippen molar-refractivity contribution >= 4 is 44.9 Å². The van der Waals surface area contributed by atoms with Crippen LogP contribution < -0.4 is 10.1 Å². The van der Waals surface area contributed by atoms with Gasteiger partial charge in [-0.3, -0.25) is 4.79 Å². The van der Waals surface area contributed by atoms with Crippen LogP contribution in [0, 0.1) is 13.8 Å². The number of hydrogen-bond acceptors (Lipinski definition) is 7. The molecule has 0 spiro atoms. The number of carbonyl (C=O) groups is 1. The van der Waals surface area contributed by atoms with Crippen LogP contribution in [0.1, 0.15) is 16.3 Å². The van der Waals surface area contributed by atoms with Crippen molar-refractivity contribution in [1.29, 1.82) is 0 Å². The quantitative estimate of drug-likeness (QED) is 0.341. The molecule has 30 heavy (non-hydrogen) atoms. The van der Waals surface area contributed by atoms with Gasteiger partial charge in [-0.2, -0.15) is 0 Å². The molecule has 1 N–H and O–H groups in total. The fourth-order valence-corrected chi connectivity index (χ4v) is 4.83. The number of amides is 1. The Kier molecular flexibility index (Phi) is 6.01. The van der Waals surface area contributed by atoms with E-state index in [4.69, 9.17) is 4.74 Å². The maximum absolute atomic E-state index is 12.4. The van der Waals surface area contributed by atoms with E-state index >= 15 is 0 Å². The maximum Gasteiger partial charge on any atom is 0.234 e. The van der Waals surface area contributed by atoms with Gasteiger partial charge in [0, 0.05) is 35.4 Å². The van der Waals surface area contributed by atoms with E-state index in [-0.39, 0.29) is 11.7 Å². The van der Waals surface area contributed by atoms with Gasteiger partial charge in [0.15, 0.2) is 0 Å². The molecule has 7 nitrogen and oxygen atoms in total. The van der Waals surface area contributed by atoms with Gasteiger partial charge in [-0.05, 0) is 43.7 Å². The lowest BCUT2D eigenvalue weighted by Gasteiger charge is -2.08. The SMILES string of the molecule is Cc1sc2ncnc(SCC(=O)Nc3ccc(OCc4nccn4C)cc3)c2c1C. The highest BCUT2D eigenvalue weighted by Crippen LogP contribution is 2.34. The number of thioether (sulfide) groups is 1. The fraction of sp³-hybridized carbons (Fsp3) is 0.238. The van der Waals surface area contributed by atoms with Crippen LogP contribution in [0.15, 0.2) is 48.0 Å². The van der Waals surface area contributed by atoms with Crippen LogP contribution in [0.3, 0.4) is 0 Å². The third-order valence-corrected chi connectivity index (χ3v) is 6.80. The van der Waals surface area contributed by atoms with Gasteiger partial charge >= 0.3 is 0 Å². The second-order valence-electron chi connectivity index (χ2n) is 6.75. The van der Waals surface area contributed by atoms with Crippen molar-refractivity contribution in [2.75, 3.05) is 11.1 Å². The molecule has 0 bridgehead atoms. The molecule has 0 fully saturated rings. The highest BCUT2D eigenvalue weighted by molar-refractivity contribution is 8.00. The summed E-state index contributed by atoms with van der Waals surface area (Å²) in [7, 11) is 1.93. The molecule has 9 heteroatoms. The van der Waals surface area contributed by atoms with Gasteiger partial charge in [0.2, 0.25) is 5.91 Å². The molecule has 0 aliphatic heterocycles. The molecule has 3 aromatic heterocycles. The molecule has 4 rings (SSSR count). The Morgan fingerprint density at radius 1 is 1.20 bits per heavy atom. The minimum atomic E-state index is -0.0851. The van der Waals surface area contributed by atoms with E-state index in [1.165, 1.54) is 22.2 Å². The van der Waals surface area contributed by atoms with E-state index < -0.39 is 0 Å². The monoisotopic (exact) mass is 439 g/mol. The molecule has 3 heterocycles. The van der Waals surface area contributed by atoms with Gasteiger partial charge in [-0.15, -0.1) is 11.3 Å². The first-order valence-corrected chi connectivity index (χ1v) is 11.1. The Hall–Kier alpha value is -2.91. The molecule has 0 atom stereocenters. The number of fused-ring (bicyclic) bond motifs is 1. The Labute approximate surface area is 182 Å². The van der Waals surface area contributed by atoms with E-state index in [1.54, 1.807) is 23.9 Å². The van der Waals surface area contributed by atoms with Gasteiger partial charge in [-0.25, -0.2) is 15.0 Å². The number of aryl methyl sites for hydroxylation is 3. The molecule has 0 radical (unpaired) electrons. The molecule has 0 aliphatic carbocycles. The van der Waals surface area contributed by atoms with Crippen molar-refractivity contribution in [3.05, 3.63) is 59.3 Å².